The lowest BCUT2D eigenvalue weighted by Gasteiger charge is -2.06. The molecule has 1 fully saturated rings. The molecule has 0 unspecified atom stereocenters. The highest BCUT2D eigenvalue weighted by Gasteiger charge is 2.32. The highest BCUT2D eigenvalue weighted by molar-refractivity contribution is 6.14. The minimum absolute atomic E-state index is 0.139. The molecule has 0 bridgehead atoms. The molecule has 0 spiro atoms. The maximum absolute atomic E-state index is 11.9. The number of nitrogens with zero attached hydrogens (tertiary/aromatic N) is 1. The molecule has 0 saturated carbocycles. The van der Waals surface area contributed by atoms with Crippen molar-refractivity contribution >= 4 is 24.0 Å². The lowest BCUT2D eigenvalue weighted by Crippen LogP contribution is -2.30. The molecule has 0 radical (unpaired) electrons. The minimum atomic E-state index is -1.02. The summed E-state index contributed by atoms with van der Waals surface area (Å²) in [5.74, 6) is -1.45. The molecule has 0 aromatic heterocycles. The van der Waals surface area contributed by atoms with Crippen LogP contribution in [0.4, 0.5) is 4.79 Å². The second-order valence-electron chi connectivity index (χ2n) is 4.12. The SMILES string of the molecule is C=CCN1C(=O)N/C(=C/c2ccc(C(=O)O)cc2)C1=O. The molecule has 6 nitrogen and oxygen atoms in total. The molecule has 0 atom stereocenters. The molecule has 2 rings (SSSR count). The van der Waals surface area contributed by atoms with Gasteiger partial charge in [-0.2, -0.15) is 0 Å². The summed E-state index contributed by atoms with van der Waals surface area (Å²) in [6, 6.07) is 5.48. The Balaban J connectivity index is 2.23. The number of carboxylic acid groups (broad SMARTS) is 1. The summed E-state index contributed by atoms with van der Waals surface area (Å²) in [7, 11) is 0. The van der Waals surface area contributed by atoms with E-state index in [2.05, 4.69) is 11.9 Å². The van der Waals surface area contributed by atoms with E-state index in [1.807, 2.05) is 0 Å². The number of imide groups is 1. The number of carboxylic acids is 1. The highest BCUT2D eigenvalue weighted by Crippen LogP contribution is 2.14. The van der Waals surface area contributed by atoms with Crippen molar-refractivity contribution in [3.63, 3.8) is 0 Å². The van der Waals surface area contributed by atoms with Crippen molar-refractivity contribution in [3.8, 4) is 0 Å². The zero-order valence-corrected chi connectivity index (χ0v) is 10.5. The summed E-state index contributed by atoms with van der Waals surface area (Å²) in [6.07, 6.45) is 2.96. The van der Waals surface area contributed by atoms with E-state index < -0.39 is 17.9 Å². The first-order valence-corrected chi connectivity index (χ1v) is 5.81. The monoisotopic (exact) mass is 272 g/mol. The Labute approximate surface area is 115 Å². The number of rotatable bonds is 4. The molecule has 2 N–H and O–H groups in total. The Hall–Kier alpha value is -2.89. The van der Waals surface area contributed by atoms with Gasteiger partial charge in [-0.05, 0) is 23.8 Å². The molecule has 20 heavy (non-hydrogen) atoms. The Morgan fingerprint density at radius 1 is 1.30 bits per heavy atom. The van der Waals surface area contributed by atoms with Gasteiger partial charge < -0.3 is 10.4 Å². The molecule has 1 aromatic carbocycles. The third-order valence-corrected chi connectivity index (χ3v) is 2.74. The number of nitrogens with one attached hydrogen (secondary N) is 1. The van der Waals surface area contributed by atoms with Crippen LogP contribution in [0.1, 0.15) is 15.9 Å². The average molecular weight is 272 g/mol. The van der Waals surface area contributed by atoms with Crippen molar-refractivity contribution in [3.05, 3.63) is 53.7 Å². The zero-order chi connectivity index (χ0) is 14.7. The van der Waals surface area contributed by atoms with E-state index in [0.29, 0.717) is 5.56 Å². The third-order valence-electron chi connectivity index (χ3n) is 2.74. The zero-order valence-electron chi connectivity index (χ0n) is 10.5. The molecule has 1 aromatic rings. The quantitative estimate of drug-likeness (QED) is 0.493. The van der Waals surface area contributed by atoms with Gasteiger partial charge in [0.05, 0.1) is 5.56 Å². The van der Waals surface area contributed by atoms with Gasteiger partial charge in [-0.15, -0.1) is 6.58 Å². The summed E-state index contributed by atoms with van der Waals surface area (Å²) in [5.41, 5.74) is 0.932. The standard InChI is InChI=1S/C14H12N2O4/c1-2-7-16-12(17)11(15-14(16)20)8-9-3-5-10(6-4-9)13(18)19/h2-6,8H,1,7H2,(H,15,20)(H,18,19)/b11-8+. The van der Waals surface area contributed by atoms with Crippen molar-refractivity contribution in [1.82, 2.24) is 10.2 Å². The van der Waals surface area contributed by atoms with E-state index in [1.165, 1.54) is 24.3 Å². The number of hydrogen-bond donors (Lipinski definition) is 2. The molecule has 1 aliphatic rings. The molecule has 1 heterocycles. The number of carbonyl (C=O) groups excluding carboxylic acids is 2. The van der Waals surface area contributed by atoms with Gasteiger partial charge in [0.25, 0.3) is 5.91 Å². The summed E-state index contributed by atoms with van der Waals surface area (Å²) in [4.78, 5) is 35.2. The van der Waals surface area contributed by atoms with Gasteiger partial charge in [0, 0.05) is 6.54 Å². The van der Waals surface area contributed by atoms with E-state index in [1.54, 1.807) is 12.1 Å². The van der Waals surface area contributed by atoms with E-state index >= 15 is 0 Å². The second-order valence-corrected chi connectivity index (χ2v) is 4.12. The lowest BCUT2D eigenvalue weighted by atomic mass is 10.1. The van der Waals surface area contributed by atoms with Gasteiger partial charge in [-0.25, -0.2) is 9.59 Å². The number of urea groups is 1. The first-order chi connectivity index (χ1) is 9.52. The fourth-order valence-electron chi connectivity index (χ4n) is 1.76. The van der Waals surface area contributed by atoms with Crippen LogP contribution in [0.25, 0.3) is 6.08 Å². The van der Waals surface area contributed by atoms with Crippen LogP contribution >= 0.6 is 0 Å². The van der Waals surface area contributed by atoms with Crippen molar-refractivity contribution in [2.24, 2.45) is 0 Å². The van der Waals surface area contributed by atoms with E-state index in [-0.39, 0.29) is 17.8 Å². The molecule has 0 aliphatic carbocycles. The van der Waals surface area contributed by atoms with Gasteiger partial charge in [0.1, 0.15) is 5.70 Å². The molecular weight excluding hydrogens is 260 g/mol. The minimum Gasteiger partial charge on any atom is -0.478 e. The predicted octanol–water partition coefficient (Wildman–Crippen LogP) is 1.46. The first kappa shape index (κ1) is 13.5. The van der Waals surface area contributed by atoms with Crippen LogP contribution in [0.2, 0.25) is 0 Å². The summed E-state index contributed by atoms with van der Waals surface area (Å²) in [6.45, 7) is 3.62. The van der Waals surface area contributed by atoms with Crippen molar-refractivity contribution in [2.75, 3.05) is 6.54 Å². The molecule has 3 amide bonds. The Bertz CT molecular complexity index is 617. The van der Waals surface area contributed by atoms with Crippen LogP contribution in [0.5, 0.6) is 0 Å². The van der Waals surface area contributed by atoms with E-state index in [0.717, 1.165) is 4.90 Å². The Morgan fingerprint density at radius 3 is 2.50 bits per heavy atom. The van der Waals surface area contributed by atoms with E-state index in [4.69, 9.17) is 5.11 Å². The van der Waals surface area contributed by atoms with Crippen LogP contribution < -0.4 is 5.32 Å². The van der Waals surface area contributed by atoms with Gasteiger partial charge in [0.15, 0.2) is 0 Å². The number of amides is 3. The van der Waals surface area contributed by atoms with Crippen LogP contribution in [-0.2, 0) is 4.79 Å². The average Bonchev–Trinajstić information content (AvgIpc) is 2.67. The van der Waals surface area contributed by atoms with E-state index in [9.17, 15) is 14.4 Å². The molecule has 1 saturated heterocycles. The van der Waals surface area contributed by atoms with Crippen molar-refractivity contribution in [2.45, 2.75) is 0 Å². The topological polar surface area (TPSA) is 86.7 Å². The van der Waals surface area contributed by atoms with Crippen LogP contribution in [0, 0.1) is 0 Å². The van der Waals surface area contributed by atoms with Gasteiger partial charge in [-0.1, -0.05) is 18.2 Å². The smallest absolute Gasteiger partial charge is 0.335 e. The van der Waals surface area contributed by atoms with Crippen LogP contribution in [-0.4, -0.2) is 34.5 Å². The van der Waals surface area contributed by atoms with Gasteiger partial charge in [-0.3, -0.25) is 9.69 Å². The lowest BCUT2D eigenvalue weighted by molar-refractivity contribution is -0.122. The fourth-order valence-corrected chi connectivity index (χ4v) is 1.76. The summed E-state index contributed by atoms with van der Waals surface area (Å²) >= 11 is 0. The largest absolute Gasteiger partial charge is 0.478 e. The van der Waals surface area contributed by atoms with Crippen LogP contribution in [0.15, 0.2) is 42.6 Å². The number of benzene rings is 1. The highest BCUT2D eigenvalue weighted by atomic mass is 16.4. The molecule has 6 heteroatoms. The van der Waals surface area contributed by atoms with Crippen LogP contribution in [0.3, 0.4) is 0 Å². The summed E-state index contributed by atoms with van der Waals surface area (Å²) in [5, 5.41) is 11.2. The van der Waals surface area contributed by atoms with Crippen molar-refractivity contribution < 1.29 is 19.5 Å². The van der Waals surface area contributed by atoms with Gasteiger partial charge >= 0.3 is 12.0 Å². The maximum atomic E-state index is 11.9. The molecule has 1 aliphatic heterocycles. The Kier molecular flexibility index (Phi) is 3.65. The molecular formula is C14H12N2O4. The second kappa shape index (κ2) is 5.40. The third kappa shape index (κ3) is 2.59. The Morgan fingerprint density at radius 2 is 1.95 bits per heavy atom. The number of carbonyl (C=O) groups is 3. The maximum Gasteiger partial charge on any atom is 0.335 e. The van der Waals surface area contributed by atoms with Gasteiger partial charge in [0.2, 0.25) is 0 Å². The summed E-state index contributed by atoms with van der Waals surface area (Å²) < 4.78 is 0. The number of hydrogen-bond acceptors (Lipinski definition) is 3. The number of aromatic carboxylic acids is 1. The van der Waals surface area contributed by atoms with Crippen molar-refractivity contribution in [1.29, 1.82) is 0 Å². The predicted molar refractivity (Wildman–Crippen MR) is 71.8 cm³/mol. The normalized spacial score (nSPS) is 16.4. The first-order valence-electron chi connectivity index (χ1n) is 5.81. The fraction of sp³-hybridized carbons (Fsp3) is 0.0714. The molecule has 102 valence electrons.